The van der Waals surface area contributed by atoms with Gasteiger partial charge in [0.2, 0.25) is 0 Å². The number of alkyl halides is 3. The average molecular weight is 308 g/mol. The molecule has 7 heteroatoms. The molecule has 0 spiro atoms. The molecule has 1 saturated carbocycles. The zero-order valence-electron chi connectivity index (χ0n) is 11.7. The van der Waals surface area contributed by atoms with Crippen molar-refractivity contribution in [3.8, 4) is 0 Å². The third kappa shape index (κ3) is 3.29. The van der Waals surface area contributed by atoms with Gasteiger partial charge < -0.3 is 10.6 Å². The highest BCUT2D eigenvalue weighted by Crippen LogP contribution is 2.32. The summed E-state index contributed by atoms with van der Waals surface area (Å²) in [4.78, 5) is 9.86. The summed E-state index contributed by atoms with van der Waals surface area (Å²) >= 11 is 0. The molecule has 2 aromatic rings. The Labute approximate surface area is 125 Å². The number of hydrogen-bond donors (Lipinski definition) is 1. The van der Waals surface area contributed by atoms with Gasteiger partial charge in [0.1, 0.15) is 11.5 Å². The van der Waals surface area contributed by atoms with E-state index in [1.54, 1.807) is 12.3 Å². The highest BCUT2D eigenvalue weighted by atomic mass is 19.4. The van der Waals surface area contributed by atoms with Crippen molar-refractivity contribution in [2.75, 3.05) is 10.6 Å². The first kappa shape index (κ1) is 14.6. The minimum absolute atomic E-state index is 0.374. The summed E-state index contributed by atoms with van der Waals surface area (Å²) in [5.41, 5.74) is 6.06. The van der Waals surface area contributed by atoms with E-state index in [2.05, 4.69) is 14.9 Å². The number of nitrogens with zero attached hydrogens (tertiary/aromatic N) is 3. The lowest BCUT2D eigenvalue weighted by molar-refractivity contribution is -0.141. The summed E-state index contributed by atoms with van der Waals surface area (Å²) < 4.78 is 37.6. The highest BCUT2D eigenvalue weighted by molar-refractivity contribution is 5.47. The van der Waals surface area contributed by atoms with Crippen molar-refractivity contribution in [2.24, 2.45) is 0 Å². The Morgan fingerprint density at radius 2 is 1.86 bits per heavy atom. The Bertz CT molecular complexity index is 633. The number of aromatic nitrogens is 2. The van der Waals surface area contributed by atoms with Crippen molar-refractivity contribution < 1.29 is 13.2 Å². The van der Waals surface area contributed by atoms with E-state index in [0.29, 0.717) is 18.3 Å². The molecule has 0 aliphatic heterocycles. The van der Waals surface area contributed by atoms with Gasteiger partial charge >= 0.3 is 6.18 Å². The highest BCUT2D eigenvalue weighted by Gasteiger charge is 2.33. The number of halogens is 3. The zero-order chi connectivity index (χ0) is 15.7. The van der Waals surface area contributed by atoms with Crippen LogP contribution in [0.1, 0.15) is 24.1 Å². The van der Waals surface area contributed by atoms with Crippen LogP contribution in [-0.2, 0) is 12.7 Å². The maximum atomic E-state index is 12.5. The molecule has 2 aromatic heterocycles. The molecule has 0 aromatic carbocycles. The molecule has 3 rings (SSSR count). The minimum atomic E-state index is -4.41. The molecule has 2 heterocycles. The van der Waals surface area contributed by atoms with E-state index in [4.69, 9.17) is 5.73 Å². The Kier molecular flexibility index (Phi) is 3.64. The van der Waals surface area contributed by atoms with Gasteiger partial charge in [0, 0.05) is 18.8 Å². The van der Waals surface area contributed by atoms with Crippen LogP contribution in [0.15, 0.2) is 36.7 Å². The fraction of sp³-hybridized carbons (Fsp3) is 0.333. The van der Waals surface area contributed by atoms with Gasteiger partial charge in [-0.15, -0.1) is 0 Å². The predicted molar refractivity (Wildman–Crippen MR) is 77.1 cm³/mol. The number of rotatable bonds is 4. The Morgan fingerprint density at radius 1 is 1.09 bits per heavy atom. The molecule has 0 unspecified atom stereocenters. The van der Waals surface area contributed by atoms with Crippen LogP contribution in [-0.4, -0.2) is 16.0 Å². The van der Waals surface area contributed by atoms with Crippen molar-refractivity contribution in [3.63, 3.8) is 0 Å². The van der Waals surface area contributed by atoms with Gasteiger partial charge in [-0.2, -0.15) is 13.2 Å². The lowest BCUT2D eigenvalue weighted by Gasteiger charge is -2.23. The van der Waals surface area contributed by atoms with Gasteiger partial charge in [0.25, 0.3) is 0 Å². The first-order valence-electron chi connectivity index (χ1n) is 6.94. The van der Waals surface area contributed by atoms with Crippen LogP contribution in [0.2, 0.25) is 0 Å². The van der Waals surface area contributed by atoms with Crippen LogP contribution in [0.4, 0.5) is 24.7 Å². The van der Waals surface area contributed by atoms with Crippen molar-refractivity contribution in [2.45, 2.75) is 31.6 Å². The van der Waals surface area contributed by atoms with Gasteiger partial charge in [0.15, 0.2) is 0 Å². The maximum Gasteiger partial charge on any atom is 0.433 e. The van der Waals surface area contributed by atoms with E-state index in [1.807, 2.05) is 6.07 Å². The lowest BCUT2D eigenvalue weighted by Crippen LogP contribution is -2.26. The van der Waals surface area contributed by atoms with Crippen molar-refractivity contribution >= 4 is 11.5 Å². The second kappa shape index (κ2) is 5.47. The standard InChI is InChI=1S/C15H15F3N4/c16-15(17,18)13-5-1-10(7-20-13)9-22(12-3-4-12)14-6-2-11(19)8-21-14/h1-2,5-8,12H,3-4,9,19H2. The average Bonchev–Trinajstić information content (AvgIpc) is 3.30. The normalized spacial score (nSPS) is 14.9. The van der Waals surface area contributed by atoms with E-state index in [1.165, 1.54) is 12.3 Å². The van der Waals surface area contributed by atoms with Crippen LogP contribution in [0.5, 0.6) is 0 Å². The van der Waals surface area contributed by atoms with Crippen molar-refractivity contribution in [1.29, 1.82) is 0 Å². The summed E-state index contributed by atoms with van der Waals surface area (Å²) in [7, 11) is 0. The summed E-state index contributed by atoms with van der Waals surface area (Å²) in [6.45, 7) is 0.479. The van der Waals surface area contributed by atoms with Crippen molar-refractivity contribution in [1.82, 2.24) is 9.97 Å². The molecule has 0 saturated heterocycles. The molecule has 22 heavy (non-hydrogen) atoms. The minimum Gasteiger partial charge on any atom is -0.397 e. The van der Waals surface area contributed by atoms with Gasteiger partial charge in [-0.05, 0) is 36.6 Å². The topological polar surface area (TPSA) is 55.0 Å². The smallest absolute Gasteiger partial charge is 0.397 e. The van der Waals surface area contributed by atoms with E-state index >= 15 is 0 Å². The third-order valence-electron chi connectivity index (χ3n) is 3.52. The SMILES string of the molecule is Nc1ccc(N(Cc2ccc(C(F)(F)F)nc2)C2CC2)nc1. The molecule has 0 amide bonds. The van der Waals surface area contributed by atoms with Gasteiger partial charge in [-0.3, -0.25) is 4.98 Å². The number of nitrogens with two attached hydrogens (primary N) is 1. The maximum absolute atomic E-state index is 12.5. The fourth-order valence-electron chi connectivity index (χ4n) is 2.23. The first-order chi connectivity index (χ1) is 10.4. The second-order valence-electron chi connectivity index (χ2n) is 5.36. The molecular formula is C15H15F3N4. The van der Waals surface area contributed by atoms with E-state index in [-0.39, 0.29) is 0 Å². The van der Waals surface area contributed by atoms with Crippen LogP contribution >= 0.6 is 0 Å². The number of anilines is 2. The quantitative estimate of drug-likeness (QED) is 0.942. The van der Waals surface area contributed by atoms with Crippen LogP contribution < -0.4 is 10.6 Å². The number of pyridine rings is 2. The molecule has 1 aliphatic carbocycles. The molecule has 4 nitrogen and oxygen atoms in total. The van der Waals surface area contributed by atoms with Gasteiger partial charge in [-0.25, -0.2) is 4.98 Å². The van der Waals surface area contributed by atoms with Crippen LogP contribution in [0.3, 0.4) is 0 Å². The third-order valence-corrected chi connectivity index (χ3v) is 3.52. The monoisotopic (exact) mass is 308 g/mol. The van der Waals surface area contributed by atoms with Gasteiger partial charge in [-0.1, -0.05) is 6.07 Å². The predicted octanol–water partition coefficient (Wildman–Crippen LogP) is 3.25. The zero-order valence-corrected chi connectivity index (χ0v) is 11.7. The second-order valence-corrected chi connectivity index (χ2v) is 5.36. The molecule has 116 valence electrons. The lowest BCUT2D eigenvalue weighted by atomic mass is 10.2. The van der Waals surface area contributed by atoms with E-state index in [0.717, 1.165) is 30.3 Å². The fourth-order valence-corrected chi connectivity index (χ4v) is 2.23. The molecular weight excluding hydrogens is 293 g/mol. The molecule has 0 bridgehead atoms. The molecule has 1 aliphatic rings. The van der Waals surface area contributed by atoms with Crippen molar-refractivity contribution in [3.05, 3.63) is 47.9 Å². The molecule has 0 radical (unpaired) electrons. The summed E-state index contributed by atoms with van der Waals surface area (Å²) in [5.74, 6) is 0.775. The Balaban J connectivity index is 1.78. The summed E-state index contributed by atoms with van der Waals surface area (Å²) in [6, 6.07) is 6.44. The van der Waals surface area contributed by atoms with Crippen LogP contribution in [0, 0.1) is 0 Å². The van der Waals surface area contributed by atoms with Crippen LogP contribution in [0.25, 0.3) is 0 Å². The van der Waals surface area contributed by atoms with E-state index in [9.17, 15) is 13.2 Å². The first-order valence-corrected chi connectivity index (χ1v) is 6.94. The number of hydrogen-bond acceptors (Lipinski definition) is 4. The van der Waals surface area contributed by atoms with E-state index < -0.39 is 11.9 Å². The summed E-state index contributed by atoms with van der Waals surface area (Å²) in [5, 5.41) is 0. The Hall–Kier alpha value is -2.31. The Morgan fingerprint density at radius 3 is 2.36 bits per heavy atom. The van der Waals surface area contributed by atoms with Gasteiger partial charge in [0.05, 0.1) is 11.9 Å². The molecule has 2 N–H and O–H groups in total. The summed E-state index contributed by atoms with van der Waals surface area (Å²) in [6.07, 6.45) is 0.554. The largest absolute Gasteiger partial charge is 0.433 e. The molecule has 1 fully saturated rings. The number of nitrogen functional groups attached to an aromatic ring is 1. The molecule has 0 atom stereocenters.